The molecule has 1 heterocycles. The zero-order chi connectivity index (χ0) is 17.1. The first-order valence-electron chi connectivity index (χ1n) is 7.22. The van der Waals surface area contributed by atoms with E-state index in [1.807, 2.05) is 34.9 Å². The Hall–Kier alpha value is -2.63. The summed E-state index contributed by atoms with van der Waals surface area (Å²) in [6.45, 7) is 0.453. The molecule has 0 amide bonds. The Morgan fingerprint density at radius 2 is 1.96 bits per heavy atom. The fraction of sp³-hybridized carbons (Fsp3) is 0.111. The molecule has 0 aliphatic carbocycles. The van der Waals surface area contributed by atoms with Gasteiger partial charge in [-0.15, -0.1) is 0 Å². The first-order chi connectivity index (χ1) is 11.6. The van der Waals surface area contributed by atoms with E-state index in [1.165, 1.54) is 13.3 Å². The van der Waals surface area contributed by atoms with E-state index in [4.69, 9.17) is 11.6 Å². The maximum absolute atomic E-state index is 12.5. The molecule has 24 heavy (non-hydrogen) atoms. The number of carbonyl (C=O) groups is 1. The van der Waals surface area contributed by atoms with Gasteiger partial charge < -0.3 is 4.57 Å². The van der Waals surface area contributed by atoms with E-state index in [0.717, 1.165) is 11.1 Å². The maximum atomic E-state index is 12.5. The number of halogens is 1. The molecular formula is C18H14ClNO4. The van der Waals surface area contributed by atoms with Crippen molar-refractivity contribution in [3.05, 3.63) is 81.1 Å². The van der Waals surface area contributed by atoms with Gasteiger partial charge in [0, 0.05) is 23.2 Å². The summed E-state index contributed by atoms with van der Waals surface area (Å²) < 4.78 is 1.81. The predicted molar refractivity (Wildman–Crippen MR) is 91.2 cm³/mol. The highest BCUT2D eigenvalue weighted by Crippen LogP contribution is 2.17. The Morgan fingerprint density at radius 3 is 2.71 bits per heavy atom. The Kier molecular flexibility index (Phi) is 4.64. The average molecular weight is 344 g/mol. The highest BCUT2D eigenvalue weighted by molar-refractivity contribution is 6.30. The van der Waals surface area contributed by atoms with Gasteiger partial charge in [-0.25, -0.2) is 4.79 Å². The van der Waals surface area contributed by atoms with Gasteiger partial charge in [-0.3, -0.25) is 9.68 Å². The Balaban J connectivity index is 2.17. The quantitative estimate of drug-likeness (QED) is 0.538. The van der Waals surface area contributed by atoms with E-state index < -0.39 is 11.4 Å². The number of aromatic nitrogens is 1. The van der Waals surface area contributed by atoms with Crippen molar-refractivity contribution in [1.29, 1.82) is 0 Å². The third-order valence-electron chi connectivity index (χ3n) is 3.61. The molecule has 5 nitrogen and oxygen atoms in total. The lowest BCUT2D eigenvalue weighted by Gasteiger charge is -2.13. The molecule has 3 rings (SSSR count). The van der Waals surface area contributed by atoms with Crippen LogP contribution in [0.3, 0.4) is 0 Å². The number of fused-ring (bicyclic) bond motifs is 1. The van der Waals surface area contributed by atoms with E-state index in [2.05, 4.69) is 9.78 Å². The minimum Gasteiger partial charge on any atom is -0.342 e. The summed E-state index contributed by atoms with van der Waals surface area (Å²) in [6, 6.07) is 14.5. The first-order valence-corrected chi connectivity index (χ1v) is 7.59. The third kappa shape index (κ3) is 3.18. The fourth-order valence-electron chi connectivity index (χ4n) is 2.57. The van der Waals surface area contributed by atoms with Gasteiger partial charge in [0.05, 0.1) is 12.6 Å². The lowest BCUT2D eigenvalue weighted by molar-refractivity contribution is -0.216. The van der Waals surface area contributed by atoms with Crippen molar-refractivity contribution in [3.8, 4) is 0 Å². The molecular weight excluding hydrogens is 330 g/mol. The Morgan fingerprint density at radius 1 is 1.17 bits per heavy atom. The van der Waals surface area contributed by atoms with Crippen molar-refractivity contribution in [3.63, 3.8) is 0 Å². The first kappa shape index (κ1) is 16.2. The number of pyridine rings is 1. The number of rotatable bonds is 4. The van der Waals surface area contributed by atoms with Crippen molar-refractivity contribution < 1.29 is 14.6 Å². The molecule has 0 radical (unpaired) electrons. The van der Waals surface area contributed by atoms with Gasteiger partial charge in [-0.1, -0.05) is 35.9 Å². The summed E-state index contributed by atoms with van der Waals surface area (Å²) in [6.07, 6.45) is 1.48. The van der Waals surface area contributed by atoms with Crippen molar-refractivity contribution in [2.24, 2.45) is 0 Å². The number of benzene rings is 2. The summed E-state index contributed by atoms with van der Waals surface area (Å²) in [5, 5.41) is 1.06. The summed E-state index contributed by atoms with van der Waals surface area (Å²) in [5.41, 5.74) is 1.19. The zero-order valence-corrected chi connectivity index (χ0v) is 13.6. The molecule has 0 saturated heterocycles. The van der Waals surface area contributed by atoms with Crippen LogP contribution in [0.4, 0.5) is 0 Å². The van der Waals surface area contributed by atoms with Gasteiger partial charge in [0.2, 0.25) is 5.43 Å². The molecule has 0 aliphatic heterocycles. The van der Waals surface area contributed by atoms with Crippen LogP contribution in [-0.2, 0) is 16.3 Å². The van der Waals surface area contributed by atoms with Gasteiger partial charge in [0.25, 0.3) is 0 Å². The van der Waals surface area contributed by atoms with Crippen molar-refractivity contribution in [2.75, 3.05) is 7.11 Å². The van der Waals surface area contributed by atoms with E-state index in [9.17, 15) is 9.59 Å². The van der Waals surface area contributed by atoms with Crippen molar-refractivity contribution in [1.82, 2.24) is 4.57 Å². The number of hydrogen-bond donors (Lipinski definition) is 0. The van der Waals surface area contributed by atoms with Crippen LogP contribution < -0.4 is 5.43 Å². The van der Waals surface area contributed by atoms with Crippen LogP contribution >= 0.6 is 11.6 Å². The van der Waals surface area contributed by atoms with E-state index in [-0.39, 0.29) is 5.56 Å². The summed E-state index contributed by atoms with van der Waals surface area (Å²) in [7, 11) is 1.21. The molecule has 3 aromatic rings. The van der Waals surface area contributed by atoms with Crippen LogP contribution in [0.1, 0.15) is 15.9 Å². The van der Waals surface area contributed by atoms with Crippen LogP contribution in [-0.4, -0.2) is 17.6 Å². The van der Waals surface area contributed by atoms with Crippen molar-refractivity contribution in [2.45, 2.75) is 6.54 Å². The molecule has 2 aromatic carbocycles. The predicted octanol–water partition coefficient (Wildman–Crippen LogP) is 3.42. The van der Waals surface area contributed by atoms with Crippen LogP contribution in [0.25, 0.3) is 10.9 Å². The molecule has 0 spiro atoms. The Labute approximate surface area is 142 Å². The zero-order valence-electron chi connectivity index (χ0n) is 12.9. The molecule has 0 bridgehead atoms. The molecule has 0 aliphatic rings. The SMILES string of the molecule is COOC(=O)c1cn(Cc2cccc(Cl)c2)c2ccccc2c1=O. The molecule has 0 N–H and O–H groups in total. The second-order valence-electron chi connectivity index (χ2n) is 5.18. The second kappa shape index (κ2) is 6.86. The maximum Gasteiger partial charge on any atom is 0.378 e. The minimum absolute atomic E-state index is 0.0856. The number of carbonyl (C=O) groups excluding carboxylic acids is 1. The monoisotopic (exact) mass is 343 g/mol. The van der Waals surface area contributed by atoms with Crippen LogP contribution in [0, 0.1) is 0 Å². The molecule has 1 aromatic heterocycles. The van der Waals surface area contributed by atoms with Crippen molar-refractivity contribution >= 4 is 28.5 Å². The van der Waals surface area contributed by atoms with Crippen LogP contribution in [0.15, 0.2) is 59.5 Å². The molecule has 6 heteroatoms. The smallest absolute Gasteiger partial charge is 0.342 e. The molecule has 122 valence electrons. The topological polar surface area (TPSA) is 57.5 Å². The largest absolute Gasteiger partial charge is 0.378 e. The standard InChI is InChI=1S/C18H14ClNO4/c1-23-24-18(22)15-11-20(10-12-5-4-6-13(19)9-12)16-8-3-2-7-14(16)17(15)21/h2-9,11H,10H2,1H3. The minimum atomic E-state index is -0.826. The van der Waals surface area contributed by atoms with E-state index in [1.54, 1.807) is 18.2 Å². The van der Waals surface area contributed by atoms with Crippen LogP contribution in [0.2, 0.25) is 5.02 Å². The van der Waals surface area contributed by atoms with Gasteiger partial charge in [0.1, 0.15) is 5.56 Å². The van der Waals surface area contributed by atoms with E-state index in [0.29, 0.717) is 17.0 Å². The van der Waals surface area contributed by atoms with Crippen LogP contribution in [0.5, 0.6) is 0 Å². The van der Waals surface area contributed by atoms with Gasteiger partial charge >= 0.3 is 5.97 Å². The van der Waals surface area contributed by atoms with Gasteiger partial charge in [-0.05, 0) is 29.8 Å². The normalized spacial score (nSPS) is 10.8. The fourth-order valence-corrected chi connectivity index (χ4v) is 2.79. The van der Waals surface area contributed by atoms with Gasteiger partial charge in [0.15, 0.2) is 0 Å². The summed E-state index contributed by atoms with van der Waals surface area (Å²) in [5.74, 6) is -0.826. The molecule has 0 unspecified atom stereocenters. The summed E-state index contributed by atoms with van der Waals surface area (Å²) in [4.78, 5) is 33.4. The lowest BCUT2D eigenvalue weighted by atomic mass is 10.1. The lowest BCUT2D eigenvalue weighted by Crippen LogP contribution is -2.21. The second-order valence-corrected chi connectivity index (χ2v) is 5.62. The molecule has 0 fully saturated rings. The number of hydrogen-bond acceptors (Lipinski definition) is 4. The molecule has 0 saturated carbocycles. The average Bonchev–Trinajstić information content (AvgIpc) is 2.58. The van der Waals surface area contributed by atoms with E-state index >= 15 is 0 Å². The number of nitrogens with zero attached hydrogens (tertiary/aromatic N) is 1. The number of para-hydroxylation sites is 1. The third-order valence-corrected chi connectivity index (χ3v) is 3.84. The Bertz CT molecular complexity index is 965. The summed E-state index contributed by atoms with van der Waals surface area (Å²) >= 11 is 6.03. The molecule has 0 atom stereocenters. The van der Waals surface area contributed by atoms with Gasteiger partial charge in [-0.2, -0.15) is 4.89 Å². The highest BCUT2D eigenvalue weighted by Gasteiger charge is 2.17. The highest BCUT2D eigenvalue weighted by atomic mass is 35.5.